The standard InChI is InChI=1S/BO3.Ta.Zn/c2-1(3)4;;/q-3;+5;+2. The van der Waals surface area contributed by atoms with E-state index in [9.17, 15) is 0 Å². The first-order valence-electron chi connectivity index (χ1n) is 0.707. The molecule has 0 aromatic carbocycles. The second-order valence-electron chi connectivity index (χ2n) is 0.289. The quantitative estimate of drug-likeness (QED) is 0.429. The Morgan fingerprint density at radius 2 is 1.00 bits per heavy atom. The summed E-state index contributed by atoms with van der Waals surface area (Å²) in [6, 6.07) is 0. The molecule has 0 heterocycles. The zero-order valence-electron chi connectivity index (χ0n) is 2.96. The summed E-state index contributed by atoms with van der Waals surface area (Å²) in [5.41, 5.74) is 0. The molecule has 0 fully saturated rings. The summed E-state index contributed by atoms with van der Waals surface area (Å²) < 4.78 is 0. The fourth-order valence-corrected chi connectivity index (χ4v) is 0. The van der Waals surface area contributed by atoms with E-state index in [1.807, 2.05) is 0 Å². The molecule has 24 valence electrons. The van der Waals surface area contributed by atoms with Gasteiger partial charge >= 0.3 is 41.9 Å². The molecule has 0 aliphatic rings. The summed E-state index contributed by atoms with van der Waals surface area (Å²) in [4.78, 5) is 0. The summed E-state index contributed by atoms with van der Waals surface area (Å²) in [7, 11) is -2.92. The van der Waals surface area contributed by atoms with Crippen LogP contribution in [0.3, 0.4) is 0 Å². The van der Waals surface area contributed by atoms with Gasteiger partial charge in [0.05, 0.1) is 0 Å². The first kappa shape index (κ1) is 15.7. The van der Waals surface area contributed by atoms with E-state index in [1.54, 1.807) is 0 Å². The van der Waals surface area contributed by atoms with E-state index in [1.165, 1.54) is 0 Å². The van der Waals surface area contributed by atoms with Crippen LogP contribution in [0.1, 0.15) is 0 Å². The largest absolute Gasteiger partial charge is 5.00 e. The molecule has 3 nitrogen and oxygen atoms in total. The summed E-state index contributed by atoms with van der Waals surface area (Å²) in [5, 5.41) is 25.2. The van der Waals surface area contributed by atoms with Crippen molar-refractivity contribution < 1.29 is 56.9 Å². The molecule has 0 N–H and O–H groups in total. The van der Waals surface area contributed by atoms with E-state index in [0.717, 1.165) is 0 Å². The van der Waals surface area contributed by atoms with Crippen LogP contribution in [-0.4, -0.2) is 7.32 Å². The van der Waals surface area contributed by atoms with Crippen molar-refractivity contribution in [3.63, 3.8) is 0 Å². The van der Waals surface area contributed by atoms with Crippen molar-refractivity contribution in [1.82, 2.24) is 0 Å². The molecule has 0 saturated heterocycles. The van der Waals surface area contributed by atoms with Crippen LogP contribution in [0.2, 0.25) is 0 Å². The van der Waals surface area contributed by atoms with E-state index in [4.69, 9.17) is 15.1 Å². The molecule has 6 heteroatoms. The minimum atomic E-state index is -2.92. The molecule has 0 bridgehead atoms. The molecule has 0 radical (unpaired) electrons. The minimum absolute atomic E-state index is 0. The number of rotatable bonds is 0. The Labute approximate surface area is 64.2 Å². The van der Waals surface area contributed by atoms with Crippen molar-refractivity contribution in [2.45, 2.75) is 0 Å². The van der Waals surface area contributed by atoms with Crippen molar-refractivity contribution in [3.8, 4) is 0 Å². The van der Waals surface area contributed by atoms with Crippen molar-refractivity contribution >= 4 is 7.32 Å². The molecular formula is BO3TaZn+4. The average Bonchev–Trinajstić information content (AvgIpc) is 0.811. The third-order valence-electron chi connectivity index (χ3n) is 0. The van der Waals surface area contributed by atoms with Gasteiger partial charge in [-0.1, -0.05) is 0 Å². The Balaban J connectivity index is -0.0000000450. The van der Waals surface area contributed by atoms with Crippen LogP contribution >= 0.6 is 0 Å². The zero-order valence-corrected chi connectivity index (χ0v) is 9.14. The van der Waals surface area contributed by atoms with Crippen molar-refractivity contribution in [1.29, 1.82) is 0 Å². The fourth-order valence-electron chi connectivity index (χ4n) is 0. The Morgan fingerprint density at radius 1 is 1.00 bits per heavy atom. The molecule has 0 atom stereocenters. The van der Waals surface area contributed by atoms with E-state index in [2.05, 4.69) is 0 Å². The van der Waals surface area contributed by atoms with Gasteiger partial charge in [-0.25, -0.2) is 0 Å². The maximum atomic E-state index is 8.42. The Bertz CT molecular complexity index is 15.5. The van der Waals surface area contributed by atoms with Gasteiger partial charge in [0.25, 0.3) is 0 Å². The zero-order chi connectivity index (χ0) is 3.58. The van der Waals surface area contributed by atoms with Gasteiger partial charge in [-0.2, -0.15) is 0 Å². The van der Waals surface area contributed by atoms with Crippen molar-refractivity contribution in [2.75, 3.05) is 0 Å². The number of hydrogen-bond donors (Lipinski definition) is 0. The molecule has 0 rings (SSSR count). The van der Waals surface area contributed by atoms with Gasteiger partial charge < -0.3 is 15.1 Å². The molecule has 0 aromatic rings. The maximum Gasteiger partial charge on any atom is 5.00 e. The fraction of sp³-hybridized carbons (Fsp3) is 0. The molecule has 0 amide bonds. The van der Waals surface area contributed by atoms with Gasteiger partial charge in [-0.15, -0.1) is 0 Å². The van der Waals surface area contributed by atoms with Gasteiger partial charge in [0.1, 0.15) is 0 Å². The summed E-state index contributed by atoms with van der Waals surface area (Å²) in [5.74, 6) is 0. The molecule has 6 heavy (non-hydrogen) atoms. The SMILES string of the molecule is [O-]B([O-])[O-].[Ta+5].[Zn+2]. The van der Waals surface area contributed by atoms with Crippen LogP contribution in [0, 0.1) is 0 Å². The molecule has 0 saturated carbocycles. The average molecular weight is 305 g/mol. The van der Waals surface area contributed by atoms with Crippen molar-refractivity contribution in [2.24, 2.45) is 0 Å². The Hall–Kier alpha value is 1.31. The topological polar surface area (TPSA) is 69.2 Å². The summed E-state index contributed by atoms with van der Waals surface area (Å²) >= 11 is 0. The third-order valence-corrected chi connectivity index (χ3v) is 0. The Morgan fingerprint density at radius 3 is 1.00 bits per heavy atom. The predicted molar refractivity (Wildman–Crippen MR) is 5.75 cm³/mol. The van der Waals surface area contributed by atoms with Crippen LogP contribution in [-0.2, 0) is 41.9 Å². The van der Waals surface area contributed by atoms with Gasteiger partial charge in [-0.05, 0) is 0 Å². The van der Waals surface area contributed by atoms with Crippen LogP contribution in [0.25, 0.3) is 0 Å². The van der Waals surface area contributed by atoms with Crippen LogP contribution in [0.5, 0.6) is 0 Å². The van der Waals surface area contributed by atoms with E-state index in [0.29, 0.717) is 0 Å². The summed E-state index contributed by atoms with van der Waals surface area (Å²) in [6.07, 6.45) is 0. The smallest absolute Gasteiger partial charge is 0.907 e. The van der Waals surface area contributed by atoms with Crippen molar-refractivity contribution in [3.05, 3.63) is 0 Å². The number of hydrogen-bond acceptors (Lipinski definition) is 3. The van der Waals surface area contributed by atoms with Crippen LogP contribution in [0.15, 0.2) is 0 Å². The molecule has 0 aliphatic heterocycles. The monoisotopic (exact) mass is 304 g/mol. The van der Waals surface area contributed by atoms with Gasteiger partial charge in [0, 0.05) is 0 Å². The normalized spacial score (nSPS) is 4.50. The molecule has 0 aromatic heterocycles. The third kappa shape index (κ3) is 57.6. The molecule has 0 unspecified atom stereocenters. The van der Waals surface area contributed by atoms with Crippen LogP contribution in [0.4, 0.5) is 0 Å². The summed E-state index contributed by atoms with van der Waals surface area (Å²) in [6.45, 7) is 0. The van der Waals surface area contributed by atoms with E-state index in [-0.39, 0.29) is 41.9 Å². The molecule has 0 spiro atoms. The van der Waals surface area contributed by atoms with Gasteiger partial charge in [0.2, 0.25) is 0 Å². The minimum Gasteiger partial charge on any atom is -0.907 e. The Kier molecular flexibility index (Phi) is 25.0. The first-order chi connectivity index (χ1) is 1.73. The van der Waals surface area contributed by atoms with E-state index >= 15 is 0 Å². The van der Waals surface area contributed by atoms with Gasteiger partial charge in [0.15, 0.2) is 0 Å². The first-order valence-corrected chi connectivity index (χ1v) is 0.707. The van der Waals surface area contributed by atoms with E-state index < -0.39 is 7.32 Å². The maximum absolute atomic E-state index is 8.42. The molecule has 0 aliphatic carbocycles. The van der Waals surface area contributed by atoms with Gasteiger partial charge in [-0.3, -0.25) is 7.32 Å². The van der Waals surface area contributed by atoms with Crippen LogP contribution < -0.4 is 15.1 Å². The second-order valence-corrected chi connectivity index (χ2v) is 0.289. The predicted octanol–water partition coefficient (Wildman–Crippen LogP) is -3.95. The second kappa shape index (κ2) is 9.58. The molecular weight excluding hydrogens is 305 g/mol.